The molecule has 1 heterocycles. The van der Waals surface area contributed by atoms with E-state index in [4.69, 9.17) is 0 Å². The molecule has 0 unspecified atom stereocenters. The number of phenols is 1. The molecule has 1 aromatic heterocycles. The van der Waals surface area contributed by atoms with Crippen molar-refractivity contribution in [2.75, 3.05) is 0 Å². The smallest absolute Gasteiger partial charge is 0.153 e. The van der Waals surface area contributed by atoms with Gasteiger partial charge in [-0.2, -0.15) is 0 Å². The van der Waals surface area contributed by atoms with Gasteiger partial charge in [-0.25, -0.2) is 4.39 Å². The summed E-state index contributed by atoms with van der Waals surface area (Å²) in [5, 5.41) is 9.85. The Morgan fingerprint density at radius 1 is 1.46 bits per heavy atom. The average Bonchev–Trinajstić information content (AvgIpc) is 2.15. The van der Waals surface area contributed by atoms with E-state index in [-0.39, 0.29) is 11.3 Å². The summed E-state index contributed by atoms with van der Waals surface area (Å²) in [4.78, 5) is 3.87. The van der Waals surface area contributed by atoms with Gasteiger partial charge in [-0.15, -0.1) is 0 Å². The summed E-state index contributed by atoms with van der Waals surface area (Å²) in [5.74, 6) is -0.630. The predicted octanol–water partition coefficient (Wildman–Crippen LogP) is 2.84. The van der Waals surface area contributed by atoms with Gasteiger partial charge in [0.2, 0.25) is 0 Å². The maximum atomic E-state index is 13.2. The number of benzene rings is 1. The first-order valence-electron chi connectivity index (χ1n) is 3.62. The SMILES string of the molecule is Oc1cc(F)c2ncccc2c1Br. The molecule has 0 amide bonds. The highest BCUT2D eigenvalue weighted by molar-refractivity contribution is 9.10. The zero-order valence-corrected chi connectivity index (χ0v) is 8.05. The molecule has 0 saturated heterocycles. The maximum Gasteiger partial charge on any atom is 0.153 e. The van der Waals surface area contributed by atoms with Crippen LogP contribution in [0.15, 0.2) is 28.9 Å². The van der Waals surface area contributed by atoms with Gasteiger partial charge in [0.1, 0.15) is 11.3 Å². The van der Waals surface area contributed by atoms with E-state index in [1.807, 2.05) is 0 Å². The van der Waals surface area contributed by atoms with Gasteiger partial charge in [-0.05, 0) is 28.1 Å². The van der Waals surface area contributed by atoms with Crippen molar-refractivity contribution in [1.29, 1.82) is 0 Å². The lowest BCUT2D eigenvalue weighted by Gasteiger charge is -2.02. The van der Waals surface area contributed by atoms with Crippen LogP contribution >= 0.6 is 15.9 Å². The fourth-order valence-corrected chi connectivity index (χ4v) is 1.60. The maximum absolute atomic E-state index is 13.2. The van der Waals surface area contributed by atoms with Crippen LogP contribution in [0.25, 0.3) is 10.9 Å². The van der Waals surface area contributed by atoms with Crippen molar-refractivity contribution in [3.8, 4) is 5.75 Å². The summed E-state index contributed by atoms with van der Waals surface area (Å²) in [6.45, 7) is 0. The Morgan fingerprint density at radius 2 is 2.23 bits per heavy atom. The first-order valence-corrected chi connectivity index (χ1v) is 4.41. The van der Waals surface area contributed by atoms with E-state index in [0.29, 0.717) is 9.86 Å². The molecular formula is C9H5BrFNO. The van der Waals surface area contributed by atoms with Crippen molar-refractivity contribution in [2.45, 2.75) is 0 Å². The number of rotatable bonds is 0. The molecular weight excluding hydrogens is 237 g/mol. The fraction of sp³-hybridized carbons (Fsp3) is 0. The lowest BCUT2D eigenvalue weighted by atomic mass is 10.2. The van der Waals surface area contributed by atoms with Crippen molar-refractivity contribution < 1.29 is 9.50 Å². The highest BCUT2D eigenvalue weighted by Crippen LogP contribution is 2.32. The van der Waals surface area contributed by atoms with Crippen LogP contribution in [0.3, 0.4) is 0 Å². The van der Waals surface area contributed by atoms with E-state index in [2.05, 4.69) is 20.9 Å². The number of hydrogen-bond donors (Lipinski definition) is 1. The lowest BCUT2D eigenvalue weighted by molar-refractivity contribution is 0.467. The van der Waals surface area contributed by atoms with Gasteiger partial charge in [0.25, 0.3) is 0 Å². The molecule has 66 valence electrons. The number of nitrogens with zero attached hydrogens (tertiary/aromatic N) is 1. The van der Waals surface area contributed by atoms with Gasteiger partial charge in [0, 0.05) is 17.6 Å². The Bertz CT molecular complexity index is 472. The number of halogens is 2. The Labute approximate surface area is 82.2 Å². The van der Waals surface area contributed by atoms with Crippen molar-refractivity contribution >= 4 is 26.8 Å². The highest BCUT2D eigenvalue weighted by Gasteiger charge is 2.09. The summed E-state index contributed by atoms with van der Waals surface area (Å²) < 4.78 is 13.7. The minimum Gasteiger partial charge on any atom is -0.507 e. The third-order valence-corrected chi connectivity index (χ3v) is 2.59. The number of pyridine rings is 1. The van der Waals surface area contributed by atoms with Crippen LogP contribution in [0.5, 0.6) is 5.75 Å². The molecule has 0 fully saturated rings. The van der Waals surface area contributed by atoms with E-state index in [0.717, 1.165) is 6.07 Å². The second kappa shape index (κ2) is 2.96. The molecule has 0 atom stereocenters. The van der Waals surface area contributed by atoms with Crippen molar-refractivity contribution in [3.05, 3.63) is 34.7 Å². The molecule has 1 aromatic carbocycles. The van der Waals surface area contributed by atoms with Crippen molar-refractivity contribution in [1.82, 2.24) is 4.98 Å². The van der Waals surface area contributed by atoms with E-state index in [9.17, 15) is 9.50 Å². The molecule has 2 aromatic rings. The zero-order chi connectivity index (χ0) is 9.42. The third-order valence-electron chi connectivity index (χ3n) is 1.76. The first-order chi connectivity index (χ1) is 6.20. The number of phenolic OH excluding ortho intramolecular Hbond substituents is 1. The van der Waals surface area contributed by atoms with Crippen LogP contribution in [0, 0.1) is 5.82 Å². The second-order valence-corrected chi connectivity index (χ2v) is 3.38. The Balaban J connectivity index is 2.97. The van der Waals surface area contributed by atoms with E-state index < -0.39 is 5.82 Å². The molecule has 0 spiro atoms. The molecule has 0 radical (unpaired) electrons. The van der Waals surface area contributed by atoms with Crippen LogP contribution < -0.4 is 0 Å². The van der Waals surface area contributed by atoms with Crippen LogP contribution in [0.2, 0.25) is 0 Å². The minimum atomic E-state index is -0.517. The first kappa shape index (κ1) is 8.44. The molecule has 1 N–H and O–H groups in total. The highest BCUT2D eigenvalue weighted by atomic mass is 79.9. The Morgan fingerprint density at radius 3 is 3.00 bits per heavy atom. The Hall–Kier alpha value is -1.16. The van der Waals surface area contributed by atoms with Crippen molar-refractivity contribution in [2.24, 2.45) is 0 Å². The molecule has 0 aliphatic carbocycles. The van der Waals surface area contributed by atoms with Gasteiger partial charge in [-0.1, -0.05) is 0 Å². The number of aromatic nitrogens is 1. The molecule has 4 heteroatoms. The monoisotopic (exact) mass is 241 g/mol. The minimum absolute atomic E-state index is 0.113. The molecule has 13 heavy (non-hydrogen) atoms. The lowest BCUT2D eigenvalue weighted by Crippen LogP contribution is -1.85. The summed E-state index contributed by atoms with van der Waals surface area (Å²) in [7, 11) is 0. The van der Waals surface area contributed by atoms with Crippen LogP contribution in [0.1, 0.15) is 0 Å². The fourth-order valence-electron chi connectivity index (χ4n) is 1.16. The van der Waals surface area contributed by atoms with Crippen LogP contribution in [-0.4, -0.2) is 10.1 Å². The second-order valence-electron chi connectivity index (χ2n) is 2.59. The molecule has 0 saturated carbocycles. The van der Waals surface area contributed by atoms with E-state index in [1.54, 1.807) is 12.1 Å². The van der Waals surface area contributed by atoms with Gasteiger partial charge < -0.3 is 5.11 Å². The summed E-state index contributed by atoms with van der Waals surface area (Å²) >= 11 is 3.16. The van der Waals surface area contributed by atoms with Gasteiger partial charge in [-0.3, -0.25) is 4.98 Å². The van der Waals surface area contributed by atoms with Gasteiger partial charge in [0.15, 0.2) is 5.82 Å². The summed E-state index contributed by atoms with van der Waals surface area (Å²) in [6.07, 6.45) is 1.51. The summed E-state index contributed by atoms with van der Waals surface area (Å²) in [6, 6.07) is 4.42. The number of aromatic hydroxyl groups is 1. The van der Waals surface area contributed by atoms with E-state index in [1.165, 1.54) is 6.20 Å². The number of fused-ring (bicyclic) bond motifs is 1. The largest absolute Gasteiger partial charge is 0.507 e. The van der Waals surface area contributed by atoms with Crippen LogP contribution in [-0.2, 0) is 0 Å². The Kier molecular flexibility index (Phi) is 1.92. The molecule has 0 aliphatic rings. The molecule has 2 nitrogen and oxygen atoms in total. The van der Waals surface area contributed by atoms with Gasteiger partial charge in [0.05, 0.1) is 4.47 Å². The number of hydrogen-bond acceptors (Lipinski definition) is 2. The van der Waals surface area contributed by atoms with Crippen LogP contribution in [0.4, 0.5) is 4.39 Å². The summed E-state index contributed by atoms with van der Waals surface area (Å²) in [5.41, 5.74) is 0.257. The van der Waals surface area contributed by atoms with E-state index >= 15 is 0 Å². The standard InChI is InChI=1S/C9H5BrFNO/c10-8-5-2-1-3-12-9(5)6(11)4-7(8)13/h1-4,13H. The third kappa shape index (κ3) is 1.27. The average molecular weight is 242 g/mol. The topological polar surface area (TPSA) is 33.1 Å². The molecule has 0 bridgehead atoms. The molecule has 0 aliphatic heterocycles. The van der Waals surface area contributed by atoms with Gasteiger partial charge >= 0.3 is 0 Å². The quantitative estimate of drug-likeness (QED) is 0.770. The zero-order valence-electron chi connectivity index (χ0n) is 6.46. The predicted molar refractivity (Wildman–Crippen MR) is 51.1 cm³/mol. The molecule has 2 rings (SSSR count). The normalized spacial score (nSPS) is 10.6. The van der Waals surface area contributed by atoms with Crippen molar-refractivity contribution in [3.63, 3.8) is 0 Å².